The molecule has 2 N–H and O–H groups in total. The van der Waals surface area contributed by atoms with Crippen molar-refractivity contribution in [1.82, 2.24) is 15.0 Å². The van der Waals surface area contributed by atoms with Crippen LogP contribution in [-0.2, 0) is 0 Å². The molecule has 2 aromatic heterocycles. The maximum Gasteiger partial charge on any atom is 0.177 e. The van der Waals surface area contributed by atoms with Gasteiger partial charge in [-0.05, 0) is 19.1 Å². The lowest BCUT2D eigenvalue weighted by molar-refractivity contribution is 0.190. The second kappa shape index (κ2) is 2.57. The van der Waals surface area contributed by atoms with E-state index in [0.29, 0.717) is 11.5 Å². The lowest BCUT2D eigenvalue weighted by Gasteiger charge is -1.94. The Morgan fingerprint density at radius 3 is 3.08 bits per heavy atom. The molecule has 2 heterocycles. The van der Waals surface area contributed by atoms with Gasteiger partial charge < -0.3 is 10.1 Å². The van der Waals surface area contributed by atoms with Crippen LogP contribution in [0.5, 0.6) is 0 Å². The summed E-state index contributed by atoms with van der Waals surface area (Å²) in [6.45, 7) is 1.66. The van der Waals surface area contributed by atoms with E-state index in [0.717, 1.165) is 5.52 Å². The molecule has 0 saturated heterocycles. The lowest BCUT2D eigenvalue weighted by atomic mass is 10.4. The van der Waals surface area contributed by atoms with Crippen LogP contribution < -0.4 is 0 Å². The molecule has 0 aromatic carbocycles. The molecule has 12 heavy (non-hydrogen) atoms. The highest BCUT2D eigenvalue weighted by atomic mass is 16.3. The largest absolute Gasteiger partial charge is 0.385 e. The molecule has 0 fully saturated rings. The average molecular weight is 163 g/mol. The molecule has 4 nitrogen and oxygen atoms in total. The summed E-state index contributed by atoms with van der Waals surface area (Å²) in [7, 11) is 0. The Balaban J connectivity index is 2.62. The Hall–Kier alpha value is -1.42. The molecule has 0 saturated carbocycles. The van der Waals surface area contributed by atoms with Crippen molar-refractivity contribution in [2.45, 2.75) is 13.0 Å². The molecule has 1 atom stereocenters. The van der Waals surface area contributed by atoms with Crippen LogP contribution in [0.4, 0.5) is 0 Å². The Bertz CT molecular complexity index is 361. The molecule has 1 unspecified atom stereocenters. The highest BCUT2D eigenvalue weighted by molar-refractivity contribution is 5.69. The van der Waals surface area contributed by atoms with Gasteiger partial charge in [0, 0.05) is 6.20 Å². The topological polar surface area (TPSA) is 61.8 Å². The van der Waals surface area contributed by atoms with Crippen LogP contribution in [-0.4, -0.2) is 20.1 Å². The monoisotopic (exact) mass is 163 g/mol. The van der Waals surface area contributed by atoms with E-state index in [9.17, 15) is 5.11 Å². The molecule has 0 radical (unpaired) electrons. The summed E-state index contributed by atoms with van der Waals surface area (Å²) < 4.78 is 0. The van der Waals surface area contributed by atoms with Crippen LogP contribution in [0.2, 0.25) is 0 Å². The summed E-state index contributed by atoms with van der Waals surface area (Å²) >= 11 is 0. The maximum atomic E-state index is 9.20. The van der Waals surface area contributed by atoms with Gasteiger partial charge in [0.2, 0.25) is 0 Å². The van der Waals surface area contributed by atoms with Crippen molar-refractivity contribution in [3.8, 4) is 0 Å². The number of hydrogen-bond donors (Lipinski definition) is 2. The fourth-order valence-electron chi connectivity index (χ4n) is 1.06. The number of rotatable bonds is 1. The zero-order chi connectivity index (χ0) is 8.55. The Morgan fingerprint density at radius 1 is 1.58 bits per heavy atom. The first kappa shape index (κ1) is 7.24. The highest BCUT2D eigenvalue weighted by Gasteiger charge is 2.06. The predicted octanol–water partition coefficient (Wildman–Crippen LogP) is 1.01. The Kier molecular flexibility index (Phi) is 1.55. The minimum Gasteiger partial charge on any atom is -0.385 e. The zero-order valence-corrected chi connectivity index (χ0v) is 6.65. The SMILES string of the molecule is CC(O)c1nc2ncccc2[nH]1. The standard InChI is InChI=1S/C8H9N3O/c1-5(12)7-10-6-3-2-4-9-8(6)11-7/h2-5,12H,1H3,(H,9,10,11). The summed E-state index contributed by atoms with van der Waals surface area (Å²) in [5.41, 5.74) is 1.50. The van der Waals surface area contributed by atoms with Crippen LogP contribution in [0.15, 0.2) is 18.3 Å². The van der Waals surface area contributed by atoms with Crippen molar-refractivity contribution in [2.24, 2.45) is 0 Å². The quantitative estimate of drug-likeness (QED) is 0.659. The van der Waals surface area contributed by atoms with E-state index in [1.54, 1.807) is 13.1 Å². The lowest BCUT2D eigenvalue weighted by Crippen LogP contribution is -1.92. The van der Waals surface area contributed by atoms with E-state index in [-0.39, 0.29) is 0 Å². The average Bonchev–Trinajstić information content (AvgIpc) is 2.46. The third kappa shape index (κ3) is 1.06. The third-order valence-corrected chi connectivity index (χ3v) is 1.67. The zero-order valence-electron chi connectivity index (χ0n) is 6.65. The van der Waals surface area contributed by atoms with Crippen molar-refractivity contribution in [2.75, 3.05) is 0 Å². The molecular formula is C8H9N3O. The molecule has 0 aliphatic rings. The van der Waals surface area contributed by atoms with Gasteiger partial charge in [0.25, 0.3) is 0 Å². The normalized spacial score (nSPS) is 13.5. The molecule has 2 aromatic rings. The van der Waals surface area contributed by atoms with Crippen LogP contribution in [0, 0.1) is 0 Å². The number of aromatic nitrogens is 3. The van der Waals surface area contributed by atoms with Crippen molar-refractivity contribution >= 4 is 11.2 Å². The van der Waals surface area contributed by atoms with Gasteiger partial charge >= 0.3 is 0 Å². The summed E-state index contributed by atoms with van der Waals surface area (Å²) in [5.74, 6) is 0.559. The molecule has 62 valence electrons. The summed E-state index contributed by atoms with van der Waals surface area (Å²) in [6, 6.07) is 3.70. The fourth-order valence-corrected chi connectivity index (χ4v) is 1.06. The van der Waals surface area contributed by atoms with E-state index < -0.39 is 6.10 Å². The van der Waals surface area contributed by atoms with E-state index in [2.05, 4.69) is 15.0 Å². The first-order valence-electron chi connectivity index (χ1n) is 3.76. The van der Waals surface area contributed by atoms with Crippen LogP contribution in [0.25, 0.3) is 11.2 Å². The number of fused-ring (bicyclic) bond motifs is 1. The minimum absolute atomic E-state index is 0.559. The number of nitrogens with one attached hydrogen (secondary N) is 1. The van der Waals surface area contributed by atoms with Crippen molar-refractivity contribution in [1.29, 1.82) is 0 Å². The Labute approximate surface area is 69.3 Å². The van der Waals surface area contributed by atoms with Crippen LogP contribution in [0.1, 0.15) is 18.9 Å². The summed E-state index contributed by atoms with van der Waals surface area (Å²) in [4.78, 5) is 11.1. The number of aliphatic hydroxyl groups excluding tert-OH is 1. The van der Waals surface area contributed by atoms with E-state index in [1.165, 1.54) is 0 Å². The summed E-state index contributed by atoms with van der Waals surface area (Å²) in [5, 5.41) is 9.20. The number of H-pyrrole nitrogens is 1. The van der Waals surface area contributed by atoms with Gasteiger partial charge in [-0.3, -0.25) is 0 Å². The van der Waals surface area contributed by atoms with Gasteiger partial charge in [-0.15, -0.1) is 0 Å². The second-order valence-corrected chi connectivity index (χ2v) is 2.67. The van der Waals surface area contributed by atoms with Crippen molar-refractivity contribution in [3.05, 3.63) is 24.2 Å². The number of aliphatic hydroxyl groups is 1. The van der Waals surface area contributed by atoms with Gasteiger partial charge in [-0.1, -0.05) is 0 Å². The van der Waals surface area contributed by atoms with Gasteiger partial charge in [-0.25, -0.2) is 9.97 Å². The number of aromatic amines is 1. The molecule has 2 rings (SSSR count). The molecule has 0 amide bonds. The van der Waals surface area contributed by atoms with Crippen LogP contribution in [0.3, 0.4) is 0 Å². The van der Waals surface area contributed by atoms with E-state index >= 15 is 0 Å². The number of nitrogens with zero attached hydrogens (tertiary/aromatic N) is 2. The molecule has 4 heteroatoms. The molecule has 0 aliphatic carbocycles. The van der Waals surface area contributed by atoms with Gasteiger partial charge in [0.1, 0.15) is 11.9 Å². The third-order valence-electron chi connectivity index (χ3n) is 1.67. The smallest absolute Gasteiger partial charge is 0.177 e. The van der Waals surface area contributed by atoms with Gasteiger partial charge in [-0.2, -0.15) is 0 Å². The minimum atomic E-state index is -0.570. The first-order valence-corrected chi connectivity index (χ1v) is 3.76. The van der Waals surface area contributed by atoms with Crippen molar-refractivity contribution < 1.29 is 5.11 Å². The number of pyridine rings is 1. The summed E-state index contributed by atoms with van der Waals surface area (Å²) in [6.07, 6.45) is 1.11. The molecular weight excluding hydrogens is 154 g/mol. The molecule has 0 bridgehead atoms. The van der Waals surface area contributed by atoms with Crippen molar-refractivity contribution in [3.63, 3.8) is 0 Å². The number of hydrogen-bond acceptors (Lipinski definition) is 3. The van der Waals surface area contributed by atoms with E-state index in [4.69, 9.17) is 0 Å². The fraction of sp³-hybridized carbons (Fsp3) is 0.250. The molecule has 0 aliphatic heterocycles. The second-order valence-electron chi connectivity index (χ2n) is 2.67. The highest BCUT2D eigenvalue weighted by Crippen LogP contribution is 2.12. The van der Waals surface area contributed by atoms with Gasteiger partial charge in [0.05, 0.1) is 5.52 Å². The maximum absolute atomic E-state index is 9.20. The first-order chi connectivity index (χ1) is 5.77. The van der Waals surface area contributed by atoms with E-state index in [1.807, 2.05) is 12.1 Å². The Morgan fingerprint density at radius 2 is 2.42 bits per heavy atom. The number of imidazole rings is 1. The molecule has 0 spiro atoms. The van der Waals surface area contributed by atoms with Gasteiger partial charge in [0.15, 0.2) is 5.65 Å². The van der Waals surface area contributed by atoms with Crippen LogP contribution >= 0.6 is 0 Å². The predicted molar refractivity (Wildman–Crippen MR) is 44.5 cm³/mol.